The molecule has 0 radical (unpaired) electrons. The first kappa shape index (κ1) is 14.9. The predicted octanol–water partition coefficient (Wildman–Crippen LogP) is 4.29. The molecule has 1 aromatic rings. The van der Waals surface area contributed by atoms with Gasteiger partial charge in [-0.05, 0) is 81.6 Å². The summed E-state index contributed by atoms with van der Waals surface area (Å²) in [6.45, 7) is 6.57. The first-order valence-corrected chi connectivity index (χ1v) is 8.69. The fourth-order valence-corrected chi connectivity index (χ4v) is 4.42. The highest BCUT2D eigenvalue weighted by Gasteiger charge is 2.42. The number of benzene rings is 1. The van der Waals surface area contributed by atoms with Crippen LogP contribution in [0.5, 0.6) is 5.75 Å². The molecular formula is C19H29NO. The molecule has 0 amide bonds. The monoisotopic (exact) mass is 287 g/mol. The summed E-state index contributed by atoms with van der Waals surface area (Å²) in [5, 5.41) is 3.66. The fourth-order valence-electron chi connectivity index (χ4n) is 4.42. The minimum absolute atomic E-state index is 0.246. The standard InChI is InChI=1S/C19H29NO/c1-15(2)21-18-9-5-8-16(13-18)19-10-4-3-7-17(19)14-20-12-6-11-19/h5,8-9,13,15,17,20H,3-4,6-7,10-12,14H2,1-2H3/t17-,19-/m0/s1. The van der Waals surface area contributed by atoms with E-state index >= 15 is 0 Å². The van der Waals surface area contributed by atoms with E-state index in [2.05, 4.69) is 43.4 Å². The van der Waals surface area contributed by atoms with Gasteiger partial charge >= 0.3 is 0 Å². The zero-order valence-electron chi connectivity index (χ0n) is 13.5. The van der Waals surface area contributed by atoms with Crippen LogP contribution in [0.15, 0.2) is 24.3 Å². The molecule has 1 N–H and O–H groups in total. The highest BCUT2D eigenvalue weighted by Crippen LogP contribution is 2.48. The second-order valence-electron chi connectivity index (χ2n) is 7.10. The summed E-state index contributed by atoms with van der Waals surface area (Å²) in [5.41, 5.74) is 1.91. The Morgan fingerprint density at radius 3 is 2.90 bits per heavy atom. The predicted molar refractivity (Wildman–Crippen MR) is 87.9 cm³/mol. The van der Waals surface area contributed by atoms with Crippen molar-refractivity contribution in [3.63, 3.8) is 0 Å². The van der Waals surface area contributed by atoms with Crippen molar-refractivity contribution < 1.29 is 4.74 Å². The molecule has 1 heterocycles. The van der Waals surface area contributed by atoms with Crippen molar-refractivity contribution in [1.82, 2.24) is 5.32 Å². The molecule has 2 heteroatoms. The maximum Gasteiger partial charge on any atom is 0.119 e. The Labute approximate surface area is 129 Å². The molecular weight excluding hydrogens is 258 g/mol. The van der Waals surface area contributed by atoms with E-state index in [-0.39, 0.29) is 6.10 Å². The van der Waals surface area contributed by atoms with Crippen molar-refractivity contribution in [3.8, 4) is 5.75 Å². The molecule has 116 valence electrons. The van der Waals surface area contributed by atoms with Gasteiger partial charge < -0.3 is 10.1 Å². The number of nitrogens with one attached hydrogen (secondary N) is 1. The van der Waals surface area contributed by atoms with Gasteiger partial charge in [-0.3, -0.25) is 0 Å². The summed E-state index contributed by atoms with van der Waals surface area (Å²) in [5.74, 6) is 1.83. The van der Waals surface area contributed by atoms with Crippen LogP contribution in [0.1, 0.15) is 57.9 Å². The van der Waals surface area contributed by atoms with Crippen molar-refractivity contribution in [3.05, 3.63) is 29.8 Å². The van der Waals surface area contributed by atoms with Gasteiger partial charge in [-0.25, -0.2) is 0 Å². The second-order valence-corrected chi connectivity index (χ2v) is 7.10. The lowest BCUT2D eigenvalue weighted by Gasteiger charge is -2.44. The molecule has 2 nitrogen and oxygen atoms in total. The Morgan fingerprint density at radius 2 is 2.05 bits per heavy atom. The molecule has 1 aliphatic heterocycles. The third-order valence-electron chi connectivity index (χ3n) is 5.35. The molecule has 1 aliphatic carbocycles. The van der Waals surface area contributed by atoms with Gasteiger partial charge in [-0.15, -0.1) is 0 Å². The van der Waals surface area contributed by atoms with Gasteiger partial charge in [0.05, 0.1) is 6.10 Å². The number of rotatable bonds is 3. The largest absolute Gasteiger partial charge is 0.491 e. The smallest absolute Gasteiger partial charge is 0.119 e. The first-order valence-electron chi connectivity index (χ1n) is 8.69. The van der Waals surface area contributed by atoms with Gasteiger partial charge in [0.2, 0.25) is 0 Å². The normalized spacial score (nSPS) is 29.8. The minimum atomic E-state index is 0.246. The molecule has 2 fully saturated rings. The van der Waals surface area contributed by atoms with Crippen molar-refractivity contribution >= 4 is 0 Å². The number of fused-ring (bicyclic) bond motifs is 1. The van der Waals surface area contributed by atoms with E-state index < -0.39 is 0 Å². The number of ether oxygens (including phenoxy) is 1. The molecule has 1 saturated carbocycles. The average molecular weight is 287 g/mol. The van der Waals surface area contributed by atoms with Gasteiger partial charge in [0.25, 0.3) is 0 Å². The van der Waals surface area contributed by atoms with Crippen LogP contribution < -0.4 is 10.1 Å². The van der Waals surface area contributed by atoms with Gasteiger partial charge in [0.15, 0.2) is 0 Å². The van der Waals surface area contributed by atoms with E-state index in [1.165, 1.54) is 57.2 Å². The zero-order chi connectivity index (χ0) is 14.7. The lowest BCUT2D eigenvalue weighted by atomic mass is 9.61. The summed E-state index contributed by atoms with van der Waals surface area (Å²) in [6.07, 6.45) is 8.38. The van der Waals surface area contributed by atoms with Crippen LogP contribution in [0, 0.1) is 5.92 Å². The van der Waals surface area contributed by atoms with Crippen LogP contribution in [0.2, 0.25) is 0 Å². The Morgan fingerprint density at radius 1 is 1.19 bits per heavy atom. The average Bonchev–Trinajstić information content (AvgIpc) is 2.70. The van der Waals surface area contributed by atoms with Crippen LogP contribution >= 0.6 is 0 Å². The fraction of sp³-hybridized carbons (Fsp3) is 0.684. The van der Waals surface area contributed by atoms with Crippen LogP contribution in [0.4, 0.5) is 0 Å². The van der Waals surface area contributed by atoms with Gasteiger partial charge in [0, 0.05) is 0 Å². The number of hydrogen-bond acceptors (Lipinski definition) is 2. The van der Waals surface area contributed by atoms with Gasteiger partial charge in [-0.2, -0.15) is 0 Å². The summed E-state index contributed by atoms with van der Waals surface area (Å²) < 4.78 is 5.94. The van der Waals surface area contributed by atoms with Gasteiger partial charge in [0.1, 0.15) is 5.75 Å². The second kappa shape index (κ2) is 6.39. The van der Waals surface area contributed by atoms with E-state index in [1.807, 2.05) is 0 Å². The van der Waals surface area contributed by atoms with Crippen molar-refractivity contribution in [2.45, 2.75) is 63.9 Å². The van der Waals surface area contributed by atoms with E-state index in [4.69, 9.17) is 4.74 Å². The van der Waals surface area contributed by atoms with Gasteiger partial charge in [-0.1, -0.05) is 25.0 Å². The zero-order valence-corrected chi connectivity index (χ0v) is 13.5. The molecule has 0 bridgehead atoms. The highest BCUT2D eigenvalue weighted by molar-refractivity contribution is 5.35. The van der Waals surface area contributed by atoms with Crippen molar-refractivity contribution in [1.29, 1.82) is 0 Å². The SMILES string of the molecule is CC(C)Oc1cccc([C@@]23CCCC[C@H]2CNCCC3)c1. The van der Waals surface area contributed by atoms with E-state index in [0.717, 1.165) is 11.7 Å². The molecule has 0 aromatic heterocycles. The van der Waals surface area contributed by atoms with Crippen molar-refractivity contribution in [2.75, 3.05) is 13.1 Å². The summed E-state index contributed by atoms with van der Waals surface area (Å²) in [7, 11) is 0. The molecule has 2 aliphatic rings. The van der Waals surface area contributed by atoms with Crippen LogP contribution in [-0.2, 0) is 5.41 Å². The number of hydrogen-bond donors (Lipinski definition) is 1. The Hall–Kier alpha value is -1.02. The van der Waals surface area contributed by atoms with E-state index in [9.17, 15) is 0 Å². The van der Waals surface area contributed by atoms with E-state index in [0.29, 0.717) is 5.41 Å². The third kappa shape index (κ3) is 3.11. The molecule has 0 spiro atoms. The molecule has 0 unspecified atom stereocenters. The summed E-state index contributed by atoms with van der Waals surface area (Å²) >= 11 is 0. The maximum atomic E-state index is 5.94. The Balaban J connectivity index is 1.94. The van der Waals surface area contributed by atoms with Crippen LogP contribution in [0.3, 0.4) is 0 Å². The molecule has 1 saturated heterocycles. The third-order valence-corrected chi connectivity index (χ3v) is 5.35. The molecule has 2 atom stereocenters. The molecule has 1 aromatic carbocycles. The summed E-state index contributed by atoms with van der Waals surface area (Å²) in [4.78, 5) is 0. The van der Waals surface area contributed by atoms with Crippen molar-refractivity contribution in [2.24, 2.45) is 5.92 Å². The molecule has 3 rings (SSSR count). The molecule has 21 heavy (non-hydrogen) atoms. The summed E-state index contributed by atoms with van der Waals surface area (Å²) in [6, 6.07) is 8.96. The Bertz CT molecular complexity index is 470. The minimum Gasteiger partial charge on any atom is -0.491 e. The Kier molecular flexibility index (Phi) is 4.54. The van der Waals surface area contributed by atoms with E-state index in [1.54, 1.807) is 0 Å². The maximum absolute atomic E-state index is 5.94. The lowest BCUT2D eigenvalue weighted by Crippen LogP contribution is -2.41. The first-order chi connectivity index (χ1) is 10.2. The highest BCUT2D eigenvalue weighted by atomic mass is 16.5. The topological polar surface area (TPSA) is 21.3 Å². The quantitative estimate of drug-likeness (QED) is 0.895. The van der Waals surface area contributed by atoms with Crippen LogP contribution in [-0.4, -0.2) is 19.2 Å². The van der Waals surface area contributed by atoms with Crippen LogP contribution in [0.25, 0.3) is 0 Å². The lowest BCUT2D eigenvalue weighted by molar-refractivity contribution is 0.180.